The second-order valence-corrected chi connectivity index (χ2v) is 9.29. The van der Waals surface area contributed by atoms with Gasteiger partial charge in [0.05, 0.1) is 30.4 Å². The van der Waals surface area contributed by atoms with Crippen molar-refractivity contribution in [3.63, 3.8) is 0 Å². The normalized spacial score (nSPS) is 12.9. The molecule has 0 saturated heterocycles. The maximum Gasteiger partial charge on any atom is 0.259 e. The van der Waals surface area contributed by atoms with Crippen molar-refractivity contribution >= 4 is 27.0 Å². The minimum absolute atomic E-state index is 0.0518. The highest BCUT2D eigenvalue weighted by Crippen LogP contribution is 2.29. The van der Waals surface area contributed by atoms with Gasteiger partial charge in [-0.15, -0.1) is 21.5 Å². The SMILES string of the molecule is CCc1cncc(N(Cc2ncc(-c3nnc(C(C)F)o3)s2)S(=O)(=O)CC)c1. The van der Waals surface area contributed by atoms with Crippen LogP contribution in [-0.4, -0.2) is 34.3 Å². The van der Waals surface area contributed by atoms with Gasteiger partial charge < -0.3 is 4.42 Å². The summed E-state index contributed by atoms with van der Waals surface area (Å²) in [4.78, 5) is 8.96. The third-order valence-corrected chi connectivity index (χ3v) is 6.71. The van der Waals surface area contributed by atoms with E-state index >= 15 is 0 Å². The molecule has 3 aromatic heterocycles. The van der Waals surface area contributed by atoms with Gasteiger partial charge in [-0.1, -0.05) is 6.92 Å². The second kappa shape index (κ2) is 8.31. The Labute approximate surface area is 166 Å². The van der Waals surface area contributed by atoms with Crippen LogP contribution in [0.4, 0.5) is 10.1 Å². The Hall–Kier alpha value is -2.40. The van der Waals surface area contributed by atoms with Crippen molar-refractivity contribution in [2.24, 2.45) is 0 Å². The lowest BCUT2D eigenvalue weighted by Crippen LogP contribution is -2.32. The van der Waals surface area contributed by atoms with Crippen LogP contribution in [0.5, 0.6) is 0 Å². The lowest BCUT2D eigenvalue weighted by atomic mass is 10.2. The topological polar surface area (TPSA) is 102 Å². The van der Waals surface area contributed by atoms with Crippen LogP contribution in [0.15, 0.2) is 29.1 Å². The molecule has 0 fully saturated rings. The number of pyridine rings is 1. The Morgan fingerprint density at radius 1 is 1.25 bits per heavy atom. The summed E-state index contributed by atoms with van der Waals surface area (Å²) in [5.74, 6) is -0.00593. The van der Waals surface area contributed by atoms with Crippen molar-refractivity contribution in [2.45, 2.75) is 39.9 Å². The summed E-state index contributed by atoms with van der Waals surface area (Å²) >= 11 is 1.21. The molecule has 0 aromatic carbocycles. The molecule has 150 valence electrons. The molecule has 8 nitrogen and oxygen atoms in total. The Morgan fingerprint density at radius 2 is 2.04 bits per heavy atom. The molecule has 28 heavy (non-hydrogen) atoms. The van der Waals surface area contributed by atoms with E-state index in [0.717, 1.165) is 12.0 Å². The van der Waals surface area contributed by atoms with E-state index in [0.29, 0.717) is 15.6 Å². The lowest BCUT2D eigenvalue weighted by Gasteiger charge is -2.22. The summed E-state index contributed by atoms with van der Waals surface area (Å²) in [7, 11) is -3.54. The Morgan fingerprint density at radius 3 is 2.68 bits per heavy atom. The average molecular weight is 426 g/mol. The van der Waals surface area contributed by atoms with Gasteiger partial charge in [-0.25, -0.2) is 17.8 Å². The van der Waals surface area contributed by atoms with Crippen molar-refractivity contribution in [3.05, 3.63) is 41.1 Å². The molecule has 0 saturated carbocycles. The molecule has 0 bridgehead atoms. The second-order valence-electron chi connectivity index (χ2n) is 5.99. The molecule has 0 N–H and O–H groups in total. The van der Waals surface area contributed by atoms with Crippen molar-refractivity contribution < 1.29 is 17.2 Å². The van der Waals surface area contributed by atoms with Crippen molar-refractivity contribution in [3.8, 4) is 10.8 Å². The van der Waals surface area contributed by atoms with E-state index in [1.165, 1.54) is 35.0 Å². The van der Waals surface area contributed by atoms with Crippen molar-refractivity contribution in [1.29, 1.82) is 0 Å². The van der Waals surface area contributed by atoms with Gasteiger partial charge >= 0.3 is 0 Å². The van der Waals surface area contributed by atoms with Gasteiger partial charge in [-0.05, 0) is 31.9 Å². The van der Waals surface area contributed by atoms with Crippen LogP contribution in [0.3, 0.4) is 0 Å². The Bertz CT molecular complexity index is 1050. The molecule has 0 aliphatic carbocycles. The highest BCUT2D eigenvalue weighted by atomic mass is 32.2. The van der Waals surface area contributed by atoms with Gasteiger partial charge in [-0.2, -0.15) is 0 Å². The number of alkyl halides is 1. The monoisotopic (exact) mass is 425 g/mol. The number of aryl methyl sites for hydroxylation is 1. The fraction of sp³-hybridized carbons (Fsp3) is 0.412. The van der Waals surface area contributed by atoms with Gasteiger partial charge in [0.15, 0.2) is 6.17 Å². The molecule has 3 rings (SSSR count). The first-order chi connectivity index (χ1) is 13.3. The summed E-state index contributed by atoms with van der Waals surface area (Å²) in [6, 6.07) is 1.81. The van der Waals surface area contributed by atoms with E-state index in [-0.39, 0.29) is 24.1 Å². The first kappa shape index (κ1) is 20.3. The van der Waals surface area contributed by atoms with E-state index < -0.39 is 16.2 Å². The molecule has 0 aliphatic heterocycles. The fourth-order valence-electron chi connectivity index (χ4n) is 2.41. The molecule has 0 spiro atoms. The molecule has 11 heteroatoms. The number of rotatable bonds is 8. The quantitative estimate of drug-likeness (QED) is 0.544. The largest absolute Gasteiger partial charge is 0.417 e. The number of anilines is 1. The lowest BCUT2D eigenvalue weighted by molar-refractivity contribution is 0.301. The van der Waals surface area contributed by atoms with Crippen LogP contribution in [-0.2, 0) is 23.0 Å². The van der Waals surface area contributed by atoms with Crippen LogP contribution in [0, 0.1) is 0 Å². The van der Waals surface area contributed by atoms with E-state index in [1.807, 2.05) is 13.0 Å². The number of nitrogens with zero attached hydrogens (tertiary/aromatic N) is 5. The number of hydrogen-bond donors (Lipinski definition) is 0. The Kier molecular flexibility index (Phi) is 6.04. The van der Waals surface area contributed by atoms with Crippen molar-refractivity contribution in [2.75, 3.05) is 10.1 Å². The van der Waals surface area contributed by atoms with Crippen LogP contribution in [0.2, 0.25) is 0 Å². The molecule has 1 unspecified atom stereocenters. The van der Waals surface area contributed by atoms with Gasteiger partial charge in [0.25, 0.3) is 11.8 Å². The fourth-order valence-corrected chi connectivity index (χ4v) is 4.37. The zero-order valence-corrected chi connectivity index (χ0v) is 17.3. The highest BCUT2D eigenvalue weighted by molar-refractivity contribution is 7.92. The van der Waals surface area contributed by atoms with Crippen LogP contribution in [0.25, 0.3) is 10.8 Å². The standard InChI is InChI=1S/C17H20FN5O3S2/c1-4-12-6-13(8-19-7-12)23(28(24,25)5-2)10-15-20-9-14(27-15)17-22-21-16(26-17)11(3)18/h6-9,11H,4-5,10H2,1-3H3. The summed E-state index contributed by atoms with van der Waals surface area (Å²) < 4.78 is 45.2. The van der Waals surface area contributed by atoms with E-state index in [9.17, 15) is 12.8 Å². The minimum Gasteiger partial charge on any atom is -0.417 e. The summed E-state index contributed by atoms with van der Waals surface area (Å²) in [6.45, 7) is 4.92. The number of hydrogen-bond acceptors (Lipinski definition) is 8. The molecular formula is C17H20FN5O3S2. The maximum atomic E-state index is 13.3. The van der Waals surface area contributed by atoms with Gasteiger partial charge in [0, 0.05) is 6.20 Å². The summed E-state index contributed by atoms with van der Waals surface area (Å²) in [6.07, 6.45) is 4.12. The zero-order chi connectivity index (χ0) is 20.3. The van der Waals surface area contributed by atoms with Gasteiger partial charge in [0.2, 0.25) is 10.0 Å². The van der Waals surface area contributed by atoms with Gasteiger partial charge in [0.1, 0.15) is 9.88 Å². The van der Waals surface area contributed by atoms with Crippen LogP contribution in [0.1, 0.15) is 43.4 Å². The van der Waals surface area contributed by atoms with E-state index in [4.69, 9.17) is 4.42 Å². The molecule has 0 radical (unpaired) electrons. The zero-order valence-electron chi connectivity index (χ0n) is 15.7. The average Bonchev–Trinajstić information content (AvgIpc) is 3.35. The third kappa shape index (κ3) is 4.36. The third-order valence-electron chi connectivity index (χ3n) is 4.00. The summed E-state index contributed by atoms with van der Waals surface area (Å²) in [5.41, 5.74) is 1.43. The molecule has 0 amide bonds. The van der Waals surface area contributed by atoms with E-state index in [2.05, 4.69) is 20.2 Å². The maximum absolute atomic E-state index is 13.3. The Balaban J connectivity index is 1.90. The van der Waals surface area contributed by atoms with E-state index in [1.54, 1.807) is 13.1 Å². The summed E-state index contributed by atoms with van der Waals surface area (Å²) in [5, 5.41) is 8.02. The molecular weight excluding hydrogens is 405 g/mol. The molecule has 3 aromatic rings. The number of thiazole rings is 1. The van der Waals surface area contributed by atoms with Crippen LogP contribution < -0.4 is 4.31 Å². The first-order valence-electron chi connectivity index (χ1n) is 8.71. The predicted octanol–water partition coefficient (Wildman–Crippen LogP) is 3.54. The minimum atomic E-state index is -3.54. The molecule has 3 heterocycles. The van der Waals surface area contributed by atoms with Crippen LogP contribution >= 0.6 is 11.3 Å². The first-order valence-corrected chi connectivity index (χ1v) is 11.1. The number of sulfonamides is 1. The molecule has 0 aliphatic rings. The molecule has 1 atom stereocenters. The van der Waals surface area contributed by atoms with Gasteiger partial charge in [-0.3, -0.25) is 9.29 Å². The number of halogens is 1. The predicted molar refractivity (Wildman–Crippen MR) is 104 cm³/mol. The number of aromatic nitrogens is 4. The smallest absolute Gasteiger partial charge is 0.259 e. The highest BCUT2D eigenvalue weighted by Gasteiger charge is 2.24. The van der Waals surface area contributed by atoms with Crippen molar-refractivity contribution in [1.82, 2.24) is 20.2 Å².